The molecule has 4 heteroatoms. The molecule has 1 amide bonds. The molecule has 3 N–H and O–H groups in total. The third kappa shape index (κ3) is 3.50. The molecule has 0 bridgehead atoms. The zero-order chi connectivity index (χ0) is 15.0. The topological polar surface area (TPSA) is 68.0 Å². The molecule has 1 aliphatic rings. The van der Waals surface area contributed by atoms with Gasteiger partial charge in [-0.15, -0.1) is 0 Å². The lowest BCUT2D eigenvalue weighted by molar-refractivity contribution is 0.0714. The maximum atomic E-state index is 12.3. The Morgan fingerprint density at radius 2 is 1.90 bits per heavy atom. The summed E-state index contributed by atoms with van der Waals surface area (Å²) in [5.74, 6) is -0.0941. The molecule has 0 radical (unpaired) electrons. The summed E-state index contributed by atoms with van der Waals surface area (Å²) in [4.78, 5) is 16.3. The van der Waals surface area contributed by atoms with Gasteiger partial charge in [0.25, 0.3) is 5.91 Å². The molecule has 0 saturated heterocycles. The summed E-state index contributed by atoms with van der Waals surface area (Å²) < 4.78 is 0. The van der Waals surface area contributed by atoms with Gasteiger partial charge in [0.15, 0.2) is 0 Å². The Kier molecular flexibility index (Phi) is 3.76. The van der Waals surface area contributed by atoms with Crippen molar-refractivity contribution in [2.24, 2.45) is 10.8 Å². The van der Waals surface area contributed by atoms with Crippen molar-refractivity contribution in [1.29, 1.82) is 0 Å². The molecule has 0 atom stereocenters. The predicted octanol–water partition coefficient (Wildman–Crippen LogP) is 3.00. The highest BCUT2D eigenvalue weighted by molar-refractivity contribution is 5.99. The van der Waals surface area contributed by atoms with Gasteiger partial charge in [0.2, 0.25) is 0 Å². The number of amides is 1. The Morgan fingerprint density at radius 1 is 1.30 bits per heavy atom. The van der Waals surface area contributed by atoms with Crippen LogP contribution in [0.2, 0.25) is 0 Å². The highest BCUT2D eigenvalue weighted by Crippen LogP contribution is 2.45. The molecule has 0 aliphatic heterocycles. The number of aromatic nitrogens is 1. The number of pyridine rings is 1. The van der Waals surface area contributed by atoms with E-state index in [1.54, 1.807) is 12.3 Å². The van der Waals surface area contributed by atoms with Gasteiger partial charge in [0.1, 0.15) is 0 Å². The Hall–Kier alpha value is -1.58. The van der Waals surface area contributed by atoms with E-state index >= 15 is 0 Å². The lowest BCUT2D eigenvalue weighted by Gasteiger charge is -2.45. The number of rotatable bonds is 2. The van der Waals surface area contributed by atoms with Crippen molar-refractivity contribution in [3.8, 4) is 0 Å². The van der Waals surface area contributed by atoms with Gasteiger partial charge in [-0.3, -0.25) is 9.78 Å². The summed E-state index contributed by atoms with van der Waals surface area (Å²) in [7, 11) is 0. The van der Waals surface area contributed by atoms with Crippen molar-refractivity contribution in [2.75, 3.05) is 5.73 Å². The van der Waals surface area contributed by atoms with Gasteiger partial charge in [-0.2, -0.15) is 0 Å². The van der Waals surface area contributed by atoms with Crippen LogP contribution in [0.3, 0.4) is 0 Å². The first-order chi connectivity index (χ1) is 9.19. The van der Waals surface area contributed by atoms with Crippen LogP contribution in [0.25, 0.3) is 0 Å². The highest BCUT2D eigenvalue weighted by Gasteiger charge is 2.39. The number of nitrogens with two attached hydrogens (primary N) is 1. The molecule has 20 heavy (non-hydrogen) atoms. The molecule has 1 aromatic rings. The molecule has 0 spiro atoms. The van der Waals surface area contributed by atoms with Crippen molar-refractivity contribution >= 4 is 11.6 Å². The molecule has 110 valence electrons. The molecule has 1 heterocycles. The first-order valence-corrected chi connectivity index (χ1v) is 7.19. The van der Waals surface area contributed by atoms with E-state index < -0.39 is 0 Å². The quantitative estimate of drug-likeness (QED) is 0.871. The van der Waals surface area contributed by atoms with Crippen LogP contribution in [0.1, 0.15) is 57.3 Å². The fourth-order valence-corrected chi connectivity index (χ4v) is 3.82. The largest absolute Gasteiger partial charge is 0.397 e. The van der Waals surface area contributed by atoms with Gasteiger partial charge in [-0.1, -0.05) is 27.7 Å². The third-order valence-electron chi connectivity index (χ3n) is 3.99. The second-order valence-corrected chi connectivity index (χ2v) is 7.55. The van der Waals surface area contributed by atoms with Gasteiger partial charge in [0.05, 0.1) is 17.4 Å². The number of hydrogen-bond donors (Lipinski definition) is 2. The molecule has 2 rings (SSSR count). The lowest BCUT2D eigenvalue weighted by atomic mass is 9.63. The first-order valence-electron chi connectivity index (χ1n) is 7.19. The second-order valence-electron chi connectivity index (χ2n) is 7.55. The van der Waals surface area contributed by atoms with Gasteiger partial charge < -0.3 is 11.1 Å². The van der Waals surface area contributed by atoms with Crippen molar-refractivity contribution in [3.63, 3.8) is 0 Å². The Balaban J connectivity index is 2.10. The number of carbonyl (C=O) groups excluding carboxylic acids is 1. The first kappa shape index (κ1) is 14.8. The van der Waals surface area contributed by atoms with E-state index in [0.717, 1.165) is 12.8 Å². The lowest BCUT2D eigenvalue weighted by Crippen LogP contribution is -2.46. The van der Waals surface area contributed by atoms with Gasteiger partial charge in [0, 0.05) is 12.2 Å². The standard InChI is InChI=1S/C16H25N3O/c1-15(2)7-11(8-16(3,4)10-15)19-14(20)12-5-6-18-9-13(12)17/h5-6,9,11H,7-8,10,17H2,1-4H3,(H,19,20). The fourth-order valence-electron chi connectivity index (χ4n) is 3.82. The predicted molar refractivity (Wildman–Crippen MR) is 81.3 cm³/mol. The van der Waals surface area contributed by atoms with E-state index in [1.807, 2.05) is 0 Å². The van der Waals surface area contributed by atoms with E-state index in [2.05, 4.69) is 38.0 Å². The minimum absolute atomic E-state index is 0.0941. The Bertz CT molecular complexity index is 492. The molecular weight excluding hydrogens is 250 g/mol. The van der Waals surface area contributed by atoms with Crippen LogP contribution in [0, 0.1) is 10.8 Å². The van der Waals surface area contributed by atoms with Crippen LogP contribution in [0.5, 0.6) is 0 Å². The van der Waals surface area contributed by atoms with Crippen molar-refractivity contribution in [3.05, 3.63) is 24.0 Å². The zero-order valence-electron chi connectivity index (χ0n) is 12.9. The van der Waals surface area contributed by atoms with Crippen molar-refractivity contribution < 1.29 is 4.79 Å². The molecule has 1 saturated carbocycles. The summed E-state index contributed by atoms with van der Waals surface area (Å²) in [6.07, 6.45) is 6.31. The van der Waals surface area contributed by atoms with Crippen LogP contribution in [-0.2, 0) is 0 Å². The molecular formula is C16H25N3O. The summed E-state index contributed by atoms with van der Waals surface area (Å²) in [5.41, 5.74) is 7.26. The Morgan fingerprint density at radius 3 is 2.45 bits per heavy atom. The van der Waals surface area contributed by atoms with E-state index in [-0.39, 0.29) is 22.8 Å². The van der Waals surface area contributed by atoms with E-state index in [9.17, 15) is 4.79 Å². The SMILES string of the molecule is CC1(C)CC(NC(=O)c2ccncc2N)CC(C)(C)C1. The number of anilines is 1. The van der Waals surface area contributed by atoms with Crippen molar-refractivity contribution in [2.45, 2.75) is 53.0 Å². The summed E-state index contributed by atoms with van der Waals surface area (Å²) in [5, 5.41) is 3.14. The number of nitrogen functional groups attached to an aromatic ring is 1. The zero-order valence-corrected chi connectivity index (χ0v) is 12.9. The van der Waals surface area contributed by atoms with Crippen LogP contribution in [0.4, 0.5) is 5.69 Å². The van der Waals surface area contributed by atoms with Crippen LogP contribution in [0.15, 0.2) is 18.5 Å². The number of carbonyl (C=O) groups is 1. The number of nitrogens with one attached hydrogen (secondary N) is 1. The highest BCUT2D eigenvalue weighted by atomic mass is 16.1. The minimum Gasteiger partial charge on any atom is -0.397 e. The average Bonchev–Trinajstić information content (AvgIpc) is 2.24. The molecule has 1 fully saturated rings. The van der Waals surface area contributed by atoms with Crippen LogP contribution >= 0.6 is 0 Å². The fraction of sp³-hybridized carbons (Fsp3) is 0.625. The molecule has 4 nitrogen and oxygen atoms in total. The smallest absolute Gasteiger partial charge is 0.253 e. The number of hydrogen-bond acceptors (Lipinski definition) is 3. The van der Waals surface area contributed by atoms with Gasteiger partial charge >= 0.3 is 0 Å². The van der Waals surface area contributed by atoms with E-state index in [4.69, 9.17) is 5.73 Å². The minimum atomic E-state index is -0.0941. The van der Waals surface area contributed by atoms with Crippen molar-refractivity contribution in [1.82, 2.24) is 10.3 Å². The maximum Gasteiger partial charge on any atom is 0.253 e. The molecule has 0 unspecified atom stereocenters. The van der Waals surface area contributed by atoms with Gasteiger partial charge in [-0.05, 0) is 36.2 Å². The maximum absolute atomic E-state index is 12.3. The summed E-state index contributed by atoms with van der Waals surface area (Å²) >= 11 is 0. The normalized spacial score (nSPS) is 21.4. The summed E-state index contributed by atoms with van der Waals surface area (Å²) in [6, 6.07) is 1.87. The Labute approximate surface area is 121 Å². The second kappa shape index (κ2) is 5.08. The summed E-state index contributed by atoms with van der Waals surface area (Å²) in [6.45, 7) is 9.09. The third-order valence-corrected chi connectivity index (χ3v) is 3.99. The monoisotopic (exact) mass is 275 g/mol. The molecule has 1 aromatic heterocycles. The van der Waals surface area contributed by atoms with E-state index in [0.29, 0.717) is 11.3 Å². The average molecular weight is 275 g/mol. The molecule has 1 aliphatic carbocycles. The number of nitrogens with zero attached hydrogens (tertiary/aromatic N) is 1. The van der Waals surface area contributed by atoms with Crippen LogP contribution < -0.4 is 11.1 Å². The van der Waals surface area contributed by atoms with Gasteiger partial charge in [-0.25, -0.2) is 0 Å². The van der Waals surface area contributed by atoms with Crippen LogP contribution in [-0.4, -0.2) is 16.9 Å². The molecule has 0 aromatic carbocycles. The van der Waals surface area contributed by atoms with E-state index in [1.165, 1.54) is 12.6 Å².